The molecule has 8 heteroatoms. The number of anilines is 1. The number of carbonyl (C=O) groups is 2. The van der Waals surface area contributed by atoms with Crippen LogP contribution in [0.3, 0.4) is 0 Å². The number of phenols is 1. The van der Waals surface area contributed by atoms with Crippen molar-refractivity contribution >= 4 is 29.1 Å². The van der Waals surface area contributed by atoms with Gasteiger partial charge in [-0.15, -0.1) is 0 Å². The van der Waals surface area contributed by atoms with Gasteiger partial charge in [-0.3, -0.25) is 14.5 Å². The average molecular weight is 434 g/mol. The Kier molecular flexibility index (Phi) is 7.29. The molecule has 3 rings (SSSR count). The van der Waals surface area contributed by atoms with Crippen LogP contribution in [-0.4, -0.2) is 53.4 Å². The molecule has 0 unspecified atom stereocenters. The Morgan fingerprint density at radius 3 is 2.63 bits per heavy atom. The molecular formula is C22H25ClFN3O3. The van der Waals surface area contributed by atoms with E-state index in [9.17, 15) is 19.1 Å². The van der Waals surface area contributed by atoms with Crippen LogP contribution in [-0.2, 0) is 16.1 Å². The third-order valence-electron chi connectivity index (χ3n) is 5.32. The maximum atomic E-state index is 13.8. The molecule has 1 saturated heterocycles. The lowest BCUT2D eigenvalue weighted by molar-refractivity contribution is -0.132. The summed E-state index contributed by atoms with van der Waals surface area (Å²) in [5, 5.41) is 13.0. The Labute approximate surface area is 180 Å². The van der Waals surface area contributed by atoms with E-state index in [0.29, 0.717) is 42.2 Å². The van der Waals surface area contributed by atoms with Crippen LogP contribution in [0.25, 0.3) is 0 Å². The van der Waals surface area contributed by atoms with Crippen LogP contribution in [0.2, 0.25) is 5.02 Å². The first-order chi connectivity index (χ1) is 14.3. The molecule has 0 aliphatic carbocycles. The van der Waals surface area contributed by atoms with Gasteiger partial charge >= 0.3 is 0 Å². The monoisotopic (exact) mass is 433 g/mol. The molecule has 160 valence electrons. The Morgan fingerprint density at radius 1 is 1.23 bits per heavy atom. The molecule has 6 nitrogen and oxygen atoms in total. The molecule has 0 spiro atoms. The Hall–Kier alpha value is -2.64. The zero-order valence-corrected chi connectivity index (χ0v) is 17.5. The third kappa shape index (κ3) is 5.70. The van der Waals surface area contributed by atoms with E-state index in [1.54, 1.807) is 31.3 Å². The number of benzene rings is 2. The number of nitrogens with one attached hydrogen (secondary N) is 1. The maximum absolute atomic E-state index is 13.8. The summed E-state index contributed by atoms with van der Waals surface area (Å²) < 4.78 is 13.8. The zero-order chi connectivity index (χ0) is 21.7. The lowest BCUT2D eigenvalue weighted by Gasteiger charge is -2.32. The minimum Gasteiger partial charge on any atom is -0.506 e. The molecular weight excluding hydrogens is 409 g/mol. The van der Waals surface area contributed by atoms with Crippen LogP contribution in [0.15, 0.2) is 42.5 Å². The van der Waals surface area contributed by atoms with E-state index in [-0.39, 0.29) is 42.4 Å². The zero-order valence-electron chi connectivity index (χ0n) is 16.8. The van der Waals surface area contributed by atoms with Crippen LogP contribution < -0.4 is 5.32 Å². The lowest BCUT2D eigenvalue weighted by atomic mass is 9.95. The SMILES string of the molecule is CN(Cc1ccccc1F)C(=O)CN1CCC(C(=O)Nc2cc(Cl)ccc2O)CC1. The lowest BCUT2D eigenvalue weighted by Crippen LogP contribution is -2.43. The molecule has 2 amide bonds. The molecule has 1 aliphatic rings. The number of rotatable bonds is 6. The van der Waals surface area contributed by atoms with Crippen molar-refractivity contribution in [2.24, 2.45) is 5.92 Å². The number of hydrogen-bond acceptors (Lipinski definition) is 4. The summed E-state index contributed by atoms with van der Waals surface area (Å²) in [6, 6.07) is 10.9. The van der Waals surface area contributed by atoms with E-state index in [4.69, 9.17) is 11.6 Å². The van der Waals surface area contributed by atoms with Crippen LogP contribution in [0.5, 0.6) is 5.75 Å². The third-order valence-corrected chi connectivity index (χ3v) is 5.56. The van der Waals surface area contributed by atoms with Crippen molar-refractivity contribution in [2.45, 2.75) is 19.4 Å². The number of aromatic hydroxyl groups is 1. The van der Waals surface area contributed by atoms with Gasteiger partial charge in [-0.1, -0.05) is 29.8 Å². The van der Waals surface area contributed by atoms with E-state index in [1.807, 2.05) is 4.90 Å². The van der Waals surface area contributed by atoms with Crippen molar-refractivity contribution in [3.8, 4) is 5.75 Å². The predicted molar refractivity (Wildman–Crippen MR) is 114 cm³/mol. The molecule has 2 aromatic rings. The summed E-state index contributed by atoms with van der Waals surface area (Å²) in [6.07, 6.45) is 1.22. The van der Waals surface area contributed by atoms with E-state index in [1.165, 1.54) is 23.1 Å². The van der Waals surface area contributed by atoms with Gasteiger partial charge < -0.3 is 15.3 Å². The number of amides is 2. The fraction of sp³-hybridized carbons (Fsp3) is 0.364. The van der Waals surface area contributed by atoms with E-state index in [2.05, 4.69) is 5.32 Å². The standard InChI is InChI=1S/C22H25ClFN3O3/c1-26(13-16-4-2-3-5-18(16)24)21(29)14-27-10-8-15(9-11-27)22(30)25-19-12-17(23)6-7-20(19)28/h2-7,12,15,28H,8-11,13-14H2,1H3,(H,25,30). The first-order valence-electron chi connectivity index (χ1n) is 9.82. The smallest absolute Gasteiger partial charge is 0.236 e. The van der Waals surface area contributed by atoms with Crippen molar-refractivity contribution < 1.29 is 19.1 Å². The van der Waals surface area contributed by atoms with Crippen LogP contribution in [0.1, 0.15) is 18.4 Å². The summed E-state index contributed by atoms with van der Waals surface area (Å²) in [6.45, 7) is 1.67. The van der Waals surface area contributed by atoms with Crippen molar-refractivity contribution in [2.75, 3.05) is 32.0 Å². The average Bonchev–Trinajstić information content (AvgIpc) is 2.72. The number of carbonyl (C=O) groups excluding carboxylic acids is 2. The molecule has 1 aliphatic heterocycles. The first kappa shape index (κ1) is 22.1. The molecule has 0 aromatic heterocycles. The summed E-state index contributed by atoms with van der Waals surface area (Å²) in [5.74, 6) is -0.825. The molecule has 0 radical (unpaired) electrons. The molecule has 2 N–H and O–H groups in total. The topological polar surface area (TPSA) is 72.9 Å². The molecule has 1 heterocycles. The maximum Gasteiger partial charge on any atom is 0.236 e. The molecule has 1 fully saturated rings. The van der Waals surface area contributed by atoms with Gasteiger partial charge in [0.25, 0.3) is 0 Å². The Bertz CT molecular complexity index is 916. The minimum atomic E-state index is -0.324. The van der Waals surface area contributed by atoms with Crippen molar-refractivity contribution in [3.63, 3.8) is 0 Å². The molecule has 2 aromatic carbocycles. The fourth-order valence-electron chi connectivity index (χ4n) is 3.48. The van der Waals surface area contributed by atoms with Gasteiger partial charge in [0, 0.05) is 30.1 Å². The number of likely N-dealkylation sites (tertiary alicyclic amines) is 1. The van der Waals surface area contributed by atoms with Gasteiger partial charge in [0.15, 0.2) is 0 Å². The summed E-state index contributed by atoms with van der Waals surface area (Å²) >= 11 is 5.91. The van der Waals surface area contributed by atoms with Gasteiger partial charge in [-0.25, -0.2) is 4.39 Å². The largest absolute Gasteiger partial charge is 0.506 e. The predicted octanol–water partition coefficient (Wildman–Crippen LogP) is 3.49. The number of likely N-dealkylation sites (N-methyl/N-ethyl adjacent to an activating group) is 1. The van der Waals surface area contributed by atoms with Gasteiger partial charge in [-0.2, -0.15) is 0 Å². The number of hydrogen-bond donors (Lipinski definition) is 2. The fourth-order valence-corrected chi connectivity index (χ4v) is 3.65. The van der Waals surface area contributed by atoms with E-state index >= 15 is 0 Å². The number of halogens is 2. The van der Waals surface area contributed by atoms with Gasteiger partial charge in [0.05, 0.1) is 12.2 Å². The second-order valence-electron chi connectivity index (χ2n) is 7.54. The summed E-state index contributed by atoms with van der Waals surface area (Å²) in [7, 11) is 1.66. The first-order valence-corrected chi connectivity index (χ1v) is 10.2. The highest BCUT2D eigenvalue weighted by Crippen LogP contribution is 2.28. The highest BCUT2D eigenvalue weighted by molar-refractivity contribution is 6.31. The van der Waals surface area contributed by atoms with Gasteiger partial charge in [0.2, 0.25) is 11.8 Å². The minimum absolute atomic E-state index is 0.0336. The Balaban J connectivity index is 1.47. The second-order valence-corrected chi connectivity index (χ2v) is 7.98. The van der Waals surface area contributed by atoms with Crippen LogP contribution in [0.4, 0.5) is 10.1 Å². The molecule has 0 bridgehead atoms. The van der Waals surface area contributed by atoms with Crippen molar-refractivity contribution in [1.29, 1.82) is 0 Å². The summed E-state index contributed by atoms with van der Waals surface area (Å²) in [5.41, 5.74) is 0.771. The van der Waals surface area contributed by atoms with Crippen molar-refractivity contribution in [3.05, 3.63) is 58.9 Å². The number of nitrogens with zero attached hydrogens (tertiary/aromatic N) is 2. The molecule has 0 atom stereocenters. The normalized spacial score (nSPS) is 15.0. The summed E-state index contributed by atoms with van der Waals surface area (Å²) in [4.78, 5) is 28.5. The van der Waals surface area contributed by atoms with Crippen LogP contribution >= 0.6 is 11.6 Å². The van der Waals surface area contributed by atoms with Gasteiger partial charge in [-0.05, 0) is 50.2 Å². The van der Waals surface area contributed by atoms with E-state index in [0.717, 1.165) is 0 Å². The quantitative estimate of drug-likeness (QED) is 0.684. The van der Waals surface area contributed by atoms with Crippen molar-refractivity contribution in [1.82, 2.24) is 9.80 Å². The highest BCUT2D eigenvalue weighted by atomic mass is 35.5. The Morgan fingerprint density at radius 2 is 1.93 bits per heavy atom. The highest BCUT2D eigenvalue weighted by Gasteiger charge is 2.27. The van der Waals surface area contributed by atoms with Gasteiger partial charge in [0.1, 0.15) is 11.6 Å². The molecule has 0 saturated carbocycles. The van der Waals surface area contributed by atoms with E-state index < -0.39 is 0 Å². The second kappa shape index (κ2) is 9.91. The number of phenolic OH excluding ortho intramolecular Hbond substituents is 1. The van der Waals surface area contributed by atoms with Crippen LogP contribution in [0, 0.1) is 11.7 Å². The molecule has 30 heavy (non-hydrogen) atoms. The number of piperidine rings is 1.